The van der Waals surface area contributed by atoms with Crippen molar-refractivity contribution >= 4 is 45.9 Å². The Balaban J connectivity index is 1.62. The van der Waals surface area contributed by atoms with Crippen LogP contribution in [-0.2, 0) is 6.54 Å². The Labute approximate surface area is 202 Å². The lowest BCUT2D eigenvalue weighted by atomic mass is 10.1. The molecule has 3 aromatic carbocycles. The number of aromatic nitrogens is 1. The van der Waals surface area contributed by atoms with Crippen LogP contribution < -0.4 is 14.3 Å². The third-order valence-corrected chi connectivity index (χ3v) is 6.48. The minimum atomic E-state index is -0.415. The monoisotopic (exact) mass is 499 g/mol. The first-order valence-corrected chi connectivity index (χ1v) is 11.4. The summed E-state index contributed by atoms with van der Waals surface area (Å²) in [7, 11) is 0. The van der Waals surface area contributed by atoms with Crippen molar-refractivity contribution in [2.75, 3.05) is 6.79 Å². The maximum absolute atomic E-state index is 11.1. The van der Waals surface area contributed by atoms with Crippen LogP contribution in [0.15, 0.2) is 71.0 Å². The highest BCUT2D eigenvalue weighted by molar-refractivity contribution is 7.07. The highest BCUT2D eigenvalue weighted by Crippen LogP contribution is 2.33. The quantitative estimate of drug-likeness (QED) is 0.233. The van der Waals surface area contributed by atoms with Crippen LogP contribution in [0.5, 0.6) is 11.5 Å². The summed E-state index contributed by atoms with van der Waals surface area (Å²) in [5, 5.41) is 14.0. The number of nitro benzene ring substituents is 1. The lowest BCUT2D eigenvalue weighted by Gasteiger charge is -2.10. The molecule has 5 rings (SSSR count). The molecule has 166 valence electrons. The number of hydrogen-bond donors (Lipinski definition) is 0. The van der Waals surface area contributed by atoms with E-state index in [0.717, 1.165) is 16.8 Å². The zero-order valence-corrected chi connectivity index (χ0v) is 19.2. The van der Waals surface area contributed by atoms with Gasteiger partial charge in [-0.15, -0.1) is 11.3 Å². The fourth-order valence-electron chi connectivity index (χ4n) is 3.45. The SMILES string of the molecule is O=[N+]([O-])c1ccc(-c2csc(=Nc3ccc(Cl)cc3Cl)n2Cc2ccc3c(c2)OCO3)cc1. The Hall–Kier alpha value is -3.33. The highest BCUT2D eigenvalue weighted by atomic mass is 35.5. The number of nitro groups is 1. The molecular formula is C23H15Cl2N3O4S. The Morgan fingerprint density at radius 2 is 1.82 bits per heavy atom. The van der Waals surface area contributed by atoms with Crippen LogP contribution in [0.25, 0.3) is 11.3 Å². The molecule has 0 bridgehead atoms. The number of non-ortho nitro benzene ring substituents is 1. The van der Waals surface area contributed by atoms with E-state index in [9.17, 15) is 10.1 Å². The van der Waals surface area contributed by atoms with Crippen LogP contribution in [-0.4, -0.2) is 16.3 Å². The summed E-state index contributed by atoms with van der Waals surface area (Å²) in [6.07, 6.45) is 0. The van der Waals surface area contributed by atoms with Gasteiger partial charge in [0.25, 0.3) is 5.69 Å². The molecule has 10 heteroatoms. The highest BCUT2D eigenvalue weighted by Gasteiger charge is 2.16. The van der Waals surface area contributed by atoms with Crippen molar-refractivity contribution in [1.29, 1.82) is 0 Å². The topological polar surface area (TPSA) is 78.9 Å². The van der Waals surface area contributed by atoms with Gasteiger partial charge in [-0.05, 0) is 53.6 Å². The summed E-state index contributed by atoms with van der Waals surface area (Å²) < 4.78 is 13.0. The molecule has 0 radical (unpaired) electrons. The first-order chi connectivity index (χ1) is 16.0. The second kappa shape index (κ2) is 8.90. The van der Waals surface area contributed by atoms with Gasteiger partial charge in [0.1, 0.15) is 0 Å². The third-order valence-electron chi connectivity index (χ3n) is 5.08. The van der Waals surface area contributed by atoms with Gasteiger partial charge in [0.2, 0.25) is 6.79 Å². The lowest BCUT2D eigenvalue weighted by molar-refractivity contribution is -0.384. The molecule has 4 aromatic rings. The van der Waals surface area contributed by atoms with E-state index in [1.54, 1.807) is 30.3 Å². The van der Waals surface area contributed by atoms with Gasteiger partial charge in [0, 0.05) is 22.5 Å². The summed E-state index contributed by atoms with van der Waals surface area (Å²) in [5.74, 6) is 1.40. The van der Waals surface area contributed by atoms with Crippen LogP contribution in [0, 0.1) is 10.1 Å². The number of benzene rings is 3. The van der Waals surface area contributed by atoms with Gasteiger partial charge in [0.15, 0.2) is 16.3 Å². The summed E-state index contributed by atoms with van der Waals surface area (Å²) in [4.78, 5) is 16.1. The van der Waals surface area contributed by atoms with E-state index in [0.29, 0.717) is 38.6 Å². The molecule has 0 amide bonds. The van der Waals surface area contributed by atoms with Gasteiger partial charge in [0.05, 0.1) is 27.9 Å². The second-order valence-electron chi connectivity index (χ2n) is 7.19. The maximum atomic E-state index is 11.1. The van der Waals surface area contributed by atoms with Crippen LogP contribution in [0.3, 0.4) is 0 Å². The normalized spacial score (nSPS) is 12.8. The number of thiazole rings is 1. The van der Waals surface area contributed by atoms with Crippen molar-refractivity contribution in [2.45, 2.75) is 6.54 Å². The molecule has 0 N–H and O–H groups in total. The minimum Gasteiger partial charge on any atom is -0.454 e. The second-order valence-corrected chi connectivity index (χ2v) is 8.87. The van der Waals surface area contributed by atoms with E-state index in [-0.39, 0.29) is 12.5 Å². The molecule has 1 aromatic heterocycles. The van der Waals surface area contributed by atoms with Crippen molar-refractivity contribution in [2.24, 2.45) is 4.99 Å². The van der Waals surface area contributed by atoms with E-state index >= 15 is 0 Å². The molecule has 0 unspecified atom stereocenters. The molecule has 2 heterocycles. The molecule has 33 heavy (non-hydrogen) atoms. The van der Waals surface area contributed by atoms with Gasteiger partial charge in [-0.3, -0.25) is 10.1 Å². The van der Waals surface area contributed by atoms with Gasteiger partial charge in [-0.1, -0.05) is 29.3 Å². The fourth-order valence-corrected chi connectivity index (χ4v) is 4.83. The van der Waals surface area contributed by atoms with Crippen molar-refractivity contribution in [3.05, 3.63) is 96.6 Å². The predicted octanol–water partition coefficient (Wildman–Crippen LogP) is 6.44. The van der Waals surface area contributed by atoms with E-state index in [4.69, 9.17) is 37.7 Å². The van der Waals surface area contributed by atoms with Gasteiger partial charge in [-0.25, -0.2) is 4.99 Å². The summed E-state index contributed by atoms with van der Waals surface area (Å²) in [6.45, 7) is 0.699. The Kier molecular flexibility index (Phi) is 5.80. The average molecular weight is 500 g/mol. The Morgan fingerprint density at radius 3 is 2.58 bits per heavy atom. The number of nitrogens with zero attached hydrogens (tertiary/aromatic N) is 3. The Bertz CT molecular complexity index is 1430. The summed E-state index contributed by atoms with van der Waals surface area (Å²) in [5.41, 5.74) is 3.33. The largest absolute Gasteiger partial charge is 0.454 e. The van der Waals surface area contributed by atoms with Crippen molar-refractivity contribution < 1.29 is 14.4 Å². The number of fused-ring (bicyclic) bond motifs is 1. The number of halogens is 2. The van der Waals surface area contributed by atoms with Gasteiger partial charge >= 0.3 is 0 Å². The first-order valence-electron chi connectivity index (χ1n) is 9.79. The Morgan fingerprint density at radius 1 is 1.03 bits per heavy atom. The van der Waals surface area contributed by atoms with Crippen molar-refractivity contribution in [1.82, 2.24) is 4.57 Å². The van der Waals surface area contributed by atoms with Crippen LogP contribution >= 0.6 is 34.5 Å². The van der Waals surface area contributed by atoms with Crippen LogP contribution in [0.1, 0.15) is 5.56 Å². The fraction of sp³-hybridized carbons (Fsp3) is 0.0870. The number of ether oxygens (including phenoxy) is 2. The standard InChI is InChI=1S/C23H15Cl2N3O4S/c24-16-4-7-19(18(25)10-16)26-23-27(11-14-1-8-21-22(9-14)32-13-31-21)20(12-33-23)15-2-5-17(6-3-15)28(29)30/h1-10,12H,11,13H2. The summed E-state index contributed by atoms with van der Waals surface area (Å²) >= 11 is 13.8. The van der Waals surface area contributed by atoms with Crippen LogP contribution in [0.2, 0.25) is 10.0 Å². The molecule has 0 fully saturated rings. The van der Waals surface area contributed by atoms with Gasteiger partial charge in [-0.2, -0.15) is 0 Å². The molecule has 0 aliphatic carbocycles. The molecule has 0 spiro atoms. The molecule has 0 atom stereocenters. The molecular weight excluding hydrogens is 485 g/mol. The van der Waals surface area contributed by atoms with E-state index < -0.39 is 4.92 Å². The number of hydrogen-bond acceptors (Lipinski definition) is 6. The van der Waals surface area contributed by atoms with E-state index in [2.05, 4.69) is 0 Å². The summed E-state index contributed by atoms with van der Waals surface area (Å²) in [6, 6.07) is 17.4. The van der Waals surface area contributed by atoms with E-state index in [1.165, 1.54) is 23.5 Å². The third kappa shape index (κ3) is 4.45. The smallest absolute Gasteiger partial charge is 0.269 e. The van der Waals surface area contributed by atoms with Crippen LogP contribution in [0.4, 0.5) is 11.4 Å². The zero-order chi connectivity index (χ0) is 22.9. The lowest BCUT2D eigenvalue weighted by Crippen LogP contribution is -2.16. The molecule has 7 nitrogen and oxygen atoms in total. The maximum Gasteiger partial charge on any atom is 0.269 e. The zero-order valence-electron chi connectivity index (χ0n) is 16.9. The predicted molar refractivity (Wildman–Crippen MR) is 128 cm³/mol. The molecule has 0 saturated heterocycles. The minimum absolute atomic E-state index is 0.0363. The average Bonchev–Trinajstić information content (AvgIpc) is 3.42. The van der Waals surface area contributed by atoms with Crippen molar-refractivity contribution in [3.8, 4) is 22.8 Å². The van der Waals surface area contributed by atoms with Crippen molar-refractivity contribution in [3.63, 3.8) is 0 Å². The first kappa shape index (κ1) is 21.5. The molecule has 0 saturated carbocycles. The van der Waals surface area contributed by atoms with Gasteiger partial charge < -0.3 is 14.0 Å². The van der Waals surface area contributed by atoms with E-state index in [1.807, 2.05) is 28.1 Å². The molecule has 1 aliphatic rings. The molecule has 1 aliphatic heterocycles. The number of rotatable bonds is 5.